The van der Waals surface area contributed by atoms with Crippen LogP contribution in [0.3, 0.4) is 0 Å². The molecular formula is C20H21F2N5O2. The zero-order valence-electron chi connectivity index (χ0n) is 15.9. The fourth-order valence-electron chi connectivity index (χ4n) is 3.07. The monoisotopic (exact) mass is 401 g/mol. The third-order valence-corrected chi connectivity index (χ3v) is 4.66. The van der Waals surface area contributed by atoms with E-state index in [1.807, 2.05) is 31.2 Å². The average molecular weight is 401 g/mol. The standard InChI is InChI=1S/C20H21F2N5O2/c1-2-25-9-5-8-17(19(25)28)16-7-4-3-6-14(16)11-26-13-24-27(20(26)29)12-15(10-23)18(21)22/h3-9,13H,2,10-12,23H2,1H3. The fourth-order valence-corrected chi connectivity index (χ4v) is 3.07. The lowest BCUT2D eigenvalue weighted by Crippen LogP contribution is -2.27. The van der Waals surface area contributed by atoms with Crippen LogP contribution in [0.1, 0.15) is 12.5 Å². The van der Waals surface area contributed by atoms with Gasteiger partial charge in [0, 0.05) is 30.4 Å². The van der Waals surface area contributed by atoms with Crippen LogP contribution in [-0.2, 0) is 19.6 Å². The molecule has 2 heterocycles. The molecule has 0 aliphatic rings. The zero-order chi connectivity index (χ0) is 21.0. The van der Waals surface area contributed by atoms with Gasteiger partial charge in [-0.3, -0.25) is 9.36 Å². The van der Waals surface area contributed by atoms with Crippen molar-refractivity contribution in [1.29, 1.82) is 0 Å². The van der Waals surface area contributed by atoms with Gasteiger partial charge in [-0.05, 0) is 30.2 Å². The average Bonchev–Trinajstić information content (AvgIpc) is 3.06. The second kappa shape index (κ2) is 8.78. The van der Waals surface area contributed by atoms with Crippen LogP contribution >= 0.6 is 0 Å². The minimum atomic E-state index is -1.91. The van der Waals surface area contributed by atoms with Crippen molar-refractivity contribution in [2.45, 2.75) is 26.6 Å². The molecule has 0 bridgehead atoms. The summed E-state index contributed by atoms with van der Waals surface area (Å²) in [4.78, 5) is 25.2. The summed E-state index contributed by atoms with van der Waals surface area (Å²) in [6, 6.07) is 10.8. The number of aryl methyl sites for hydroxylation is 1. The molecule has 29 heavy (non-hydrogen) atoms. The van der Waals surface area contributed by atoms with Gasteiger partial charge in [-0.1, -0.05) is 24.3 Å². The lowest BCUT2D eigenvalue weighted by Gasteiger charge is -2.11. The van der Waals surface area contributed by atoms with Gasteiger partial charge in [0.1, 0.15) is 6.33 Å². The highest BCUT2D eigenvalue weighted by Crippen LogP contribution is 2.21. The molecule has 0 aliphatic carbocycles. The first-order chi connectivity index (χ1) is 14.0. The minimum absolute atomic E-state index is 0.123. The van der Waals surface area contributed by atoms with Crippen molar-refractivity contribution in [2.24, 2.45) is 5.73 Å². The van der Waals surface area contributed by atoms with Gasteiger partial charge in [-0.15, -0.1) is 0 Å². The van der Waals surface area contributed by atoms with Crippen molar-refractivity contribution in [2.75, 3.05) is 6.54 Å². The first kappa shape index (κ1) is 20.4. The lowest BCUT2D eigenvalue weighted by molar-refractivity contribution is 0.400. The van der Waals surface area contributed by atoms with Gasteiger partial charge < -0.3 is 10.3 Å². The molecule has 7 nitrogen and oxygen atoms in total. The molecule has 3 rings (SSSR count). The van der Waals surface area contributed by atoms with E-state index in [9.17, 15) is 18.4 Å². The number of hydrogen-bond donors (Lipinski definition) is 1. The Morgan fingerprint density at radius 3 is 2.48 bits per heavy atom. The van der Waals surface area contributed by atoms with Gasteiger partial charge in [0.05, 0.1) is 13.1 Å². The maximum atomic E-state index is 12.8. The number of nitrogens with two attached hydrogens (primary N) is 1. The molecule has 0 aliphatic heterocycles. The van der Waals surface area contributed by atoms with E-state index in [1.54, 1.807) is 22.9 Å². The van der Waals surface area contributed by atoms with Crippen LogP contribution in [0.25, 0.3) is 11.1 Å². The highest BCUT2D eigenvalue weighted by Gasteiger charge is 2.14. The summed E-state index contributed by atoms with van der Waals surface area (Å²) in [5, 5.41) is 3.91. The predicted octanol–water partition coefficient (Wildman–Crippen LogP) is 2.05. The molecule has 9 heteroatoms. The van der Waals surface area contributed by atoms with Crippen LogP contribution in [0.5, 0.6) is 0 Å². The number of nitrogens with zero attached hydrogens (tertiary/aromatic N) is 4. The molecule has 0 amide bonds. The van der Waals surface area contributed by atoms with E-state index in [4.69, 9.17) is 5.73 Å². The molecular weight excluding hydrogens is 380 g/mol. The summed E-state index contributed by atoms with van der Waals surface area (Å²) >= 11 is 0. The smallest absolute Gasteiger partial charge is 0.327 e. The van der Waals surface area contributed by atoms with Gasteiger partial charge in [0.25, 0.3) is 11.6 Å². The molecule has 0 spiro atoms. The Morgan fingerprint density at radius 2 is 1.79 bits per heavy atom. The maximum Gasteiger partial charge on any atom is 0.346 e. The van der Waals surface area contributed by atoms with Crippen molar-refractivity contribution in [3.8, 4) is 11.1 Å². The quantitative estimate of drug-likeness (QED) is 0.656. The van der Waals surface area contributed by atoms with E-state index in [-0.39, 0.29) is 30.8 Å². The Kier molecular flexibility index (Phi) is 6.18. The van der Waals surface area contributed by atoms with Gasteiger partial charge in [0.15, 0.2) is 0 Å². The molecule has 0 fully saturated rings. The van der Waals surface area contributed by atoms with Crippen LogP contribution in [0, 0.1) is 0 Å². The SMILES string of the molecule is CCn1cccc(-c2ccccc2Cn2cnn(CC(CN)=C(F)F)c2=O)c1=O. The van der Waals surface area contributed by atoms with E-state index >= 15 is 0 Å². The van der Waals surface area contributed by atoms with Gasteiger partial charge in [-0.25, -0.2) is 9.48 Å². The summed E-state index contributed by atoms with van der Waals surface area (Å²) in [6.07, 6.45) is 1.10. The molecule has 2 N–H and O–H groups in total. The summed E-state index contributed by atoms with van der Waals surface area (Å²) < 4.78 is 29.5. The van der Waals surface area contributed by atoms with Crippen LogP contribution < -0.4 is 17.0 Å². The van der Waals surface area contributed by atoms with E-state index in [0.29, 0.717) is 17.7 Å². The lowest BCUT2D eigenvalue weighted by atomic mass is 10.0. The number of hydrogen-bond acceptors (Lipinski definition) is 4. The van der Waals surface area contributed by atoms with E-state index < -0.39 is 11.8 Å². The normalized spacial score (nSPS) is 10.9. The Morgan fingerprint density at radius 1 is 1.07 bits per heavy atom. The van der Waals surface area contributed by atoms with Crippen molar-refractivity contribution >= 4 is 0 Å². The largest absolute Gasteiger partial charge is 0.346 e. The Balaban J connectivity index is 1.97. The van der Waals surface area contributed by atoms with Crippen LogP contribution in [-0.4, -0.2) is 25.5 Å². The summed E-state index contributed by atoms with van der Waals surface area (Å²) in [5.74, 6) is 0. The highest BCUT2D eigenvalue weighted by atomic mass is 19.3. The van der Waals surface area contributed by atoms with Crippen LogP contribution in [0.4, 0.5) is 8.78 Å². The number of aromatic nitrogens is 4. The first-order valence-corrected chi connectivity index (χ1v) is 9.09. The second-order valence-electron chi connectivity index (χ2n) is 6.44. The Bertz CT molecular complexity index is 1160. The van der Waals surface area contributed by atoms with E-state index in [1.165, 1.54) is 10.9 Å². The Labute approximate surface area is 165 Å². The summed E-state index contributed by atoms with van der Waals surface area (Å²) in [7, 11) is 0. The Hall–Kier alpha value is -3.33. The molecule has 0 radical (unpaired) electrons. The van der Waals surface area contributed by atoms with Crippen LogP contribution in [0.2, 0.25) is 0 Å². The third-order valence-electron chi connectivity index (χ3n) is 4.66. The van der Waals surface area contributed by atoms with Gasteiger partial charge in [-0.2, -0.15) is 13.9 Å². The van der Waals surface area contributed by atoms with Gasteiger partial charge >= 0.3 is 5.69 Å². The number of pyridine rings is 1. The van der Waals surface area contributed by atoms with Crippen molar-refractivity contribution in [3.05, 3.63) is 87.0 Å². The summed E-state index contributed by atoms with van der Waals surface area (Å²) in [6.45, 7) is 1.85. The van der Waals surface area contributed by atoms with E-state index in [0.717, 1.165) is 10.2 Å². The highest BCUT2D eigenvalue weighted by molar-refractivity contribution is 5.66. The second-order valence-corrected chi connectivity index (χ2v) is 6.44. The molecule has 152 valence electrons. The molecule has 0 saturated heterocycles. The first-order valence-electron chi connectivity index (χ1n) is 9.09. The predicted molar refractivity (Wildman–Crippen MR) is 106 cm³/mol. The molecule has 0 atom stereocenters. The van der Waals surface area contributed by atoms with E-state index in [2.05, 4.69) is 5.10 Å². The van der Waals surface area contributed by atoms with Gasteiger partial charge in [0.2, 0.25) is 0 Å². The number of halogens is 2. The third kappa shape index (κ3) is 4.24. The molecule has 3 aromatic rings. The van der Waals surface area contributed by atoms with Crippen LogP contribution in [0.15, 0.2) is 70.2 Å². The topological polar surface area (TPSA) is 87.8 Å². The molecule has 0 unspecified atom stereocenters. The molecule has 0 saturated carbocycles. The van der Waals surface area contributed by atoms with Crippen molar-refractivity contribution in [3.63, 3.8) is 0 Å². The number of rotatable bonds is 7. The minimum Gasteiger partial charge on any atom is -0.327 e. The molecule has 2 aromatic heterocycles. The maximum absolute atomic E-state index is 12.8. The zero-order valence-corrected chi connectivity index (χ0v) is 15.9. The molecule has 1 aromatic carbocycles. The fraction of sp³-hybridized carbons (Fsp3) is 0.250. The summed E-state index contributed by atoms with van der Waals surface area (Å²) in [5.41, 5.74) is 6.27. The van der Waals surface area contributed by atoms with Crippen molar-refractivity contribution < 1.29 is 8.78 Å². The number of benzene rings is 1. The van der Waals surface area contributed by atoms with Crippen molar-refractivity contribution in [1.82, 2.24) is 18.9 Å².